The molecule has 2 aromatic carbocycles. The second kappa shape index (κ2) is 19.1. The van der Waals surface area contributed by atoms with Gasteiger partial charge in [-0.1, -0.05) is 92.4 Å². The zero-order chi connectivity index (χ0) is 31.9. The lowest BCUT2D eigenvalue weighted by Gasteiger charge is -2.17. The summed E-state index contributed by atoms with van der Waals surface area (Å²) in [6.07, 6.45) is 25.1. The number of benzene rings is 2. The number of aryl methyl sites for hydroxylation is 4. The fraction of sp³-hybridized carbons (Fsp3) is 0.619. The summed E-state index contributed by atoms with van der Waals surface area (Å²) in [6.45, 7) is 16.1. The molecule has 44 heavy (non-hydrogen) atoms. The Kier molecular flexibility index (Phi) is 15.6. The van der Waals surface area contributed by atoms with Gasteiger partial charge in [-0.2, -0.15) is 0 Å². The average Bonchev–Trinajstić information content (AvgIpc) is 3.36. The molecule has 0 radical (unpaired) electrons. The predicted octanol–water partition coefficient (Wildman–Crippen LogP) is 13.2. The van der Waals surface area contributed by atoms with Gasteiger partial charge < -0.3 is 5.53 Å². The fourth-order valence-corrected chi connectivity index (χ4v) is 6.82. The van der Waals surface area contributed by atoms with Gasteiger partial charge in [0.2, 0.25) is 11.4 Å². The SMILES string of the molecule is CCCCCCCCC1=C(c2cc(CCCC)c(C)c(CCCC)c2)[N+](=[N-])C(c2cc(CCCC)c(C)c(CCCC)c2)=C1. The molecule has 0 aromatic heterocycles. The van der Waals surface area contributed by atoms with Gasteiger partial charge in [0.25, 0.3) is 0 Å². The van der Waals surface area contributed by atoms with Crippen LogP contribution in [0.3, 0.4) is 0 Å². The largest absolute Gasteiger partial charge is 0.493 e. The van der Waals surface area contributed by atoms with E-state index in [1.165, 1.54) is 140 Å². The van der Waals surface area contributed by atoms with Crippen molar-refractivity contribution in [1.29, 1.82) is 0 Å². The lowest BCUT2D eigenvalue weighted by molar-refractivity contribution is -0.344. The molecule has 0 saturated carbocycles. The van der Waals surface area contributed by atoms with Crippen molar-refractivity contribution >= 4 is 11.4 Å². The van der Waals surface area contributed by atoms with Gasteiger partial charge in [0.05, 0.1) is 0 Å². The van der Waals surface area contributed by atoms with E-state index in [2.05, 4.69) is 78.8 Å². The highest BCUT2D eigenvalue weighted by Gasteiger charge is 2.30. The maximum absolute atomic E-state index is 12.1. The summed E-state index contributed by atoms with van der Waals surface area (Å²) in [5.74, 6) is 0. The Morgan fingerprint density at radius 3 is 1.30 bits per heavy atom. The Bertz CT molecular complexity index is 1220. The van der Waals surface area contributed by atoms with Crippen molar-refractivity contribution in [2.75, 3.05) is 0 Å². The van der Waals surface area contributed by atoms with E-state index in [9.17, 15) is 5.53 Å². The van der Waals surface area contributed by atoms with Crippen molar-refractivity contribution < 1.29 is 4.70 Å². The van der Waals surface area contributed by atoms with Crippen LogP contribution in [-0.4, -0.2) is 4.70 Å². The van der Waals surface area contributed by atoms with Crippen LogP contribution in [0.25, 0.3) is 16.9 Å². The van der Waals surface area contributed by atoms with Crippen LogP contribution >= 0.6 is 0 Å². The number of hydrogen-bond donors (Lipinski definition) is 0. The van der Waals surface area contributed by atoms with Crippen LogP contribution in [-0.2, 0) is 25.7 Å². The Labute approximate surface area is 271 Å². The van der Waals surface area contributed by atoms with Crippen LogP contribution in [0.15, 0.2) is 35.9 Å². The normalized spacial score (nSPS) is 13.3. The third-order valence-corrected chi connectivity index (χ3v) is 9.87. The molecule has 0 spiro atoms. The molecule has 2 aromatic rings. The van der Waals surface area contributed by atoms with E-state index in [4.69, 9.17) is 0 Å². The summed E-state index contributed by atoms with van der Waals surface area (Å²) in [7, 11) is 0. The molecule has 2 nitrogen and oxygen atoms in total. The Balaban J connectivity index is 2.09. The Morgan fingerprint density at radius 2 is 0.864 bits per heavy atom. The topological polar surface area (TPSA) is 25.3 Å². The van der Waals surface area contributed by atoms with E-state index in [0.29, 0.717) is 0 Å². The second-order valence-corrected chi connectivity index (χ2v) is 13.5. The molecule has 242 valence electrons. The van der Waals surface area contributed by atoms with Crippen LogP contribution in [0, 0.1) is 13.8 Å². The first-order chi connectivity index (χ1) is 21.4. The first kappa shape index (κ1) is 36.0. The molecule has 0 N–H and O–H groups in total. The van der Waals surface area contributed by atoms with Crippen LogP contribution in [0.1, 0.15) is 175 Å². The van der Waals surface area contributed by atoms with Crippen molar-refractivity contribution in [1.82, 2.24) is 0 Å². The number of unbranched alkanes of at least 4 members (excludes halogenated alkanes) is 9. The van der Waals surface area contributed by atoms with Crippen LogP contribution in [0.5, 0.6) is 0 Å². The van der Waals surface area contributed by atoms with Gasteiger partial charge >= 0.3 is 0 Å². The van der Waals surface area contributed by atoms with E-state index in [1.807, 2.05) is 0 Å². The molecule has 3 rings (SSSR count). The molecule has 0 atom stereocenters. The van der Waals surface area contributed by atoms with Crippen LogP contribution in [0.4, 0.5) is 0 Å². The van der Waals surface area contributed by atoms with Crippen molar-refractivity contribution in [3.8, 4) is 0 Å². The molecule has 0 bridgehead atoms. The highest BCUT2D eigenvalue weighted by Crippen LogP contribution is 2.40. The van der Waals surface area contributed by atoms with Gasteiger partial charge in [0.1, 0.15) is 0 Å². The fourth-order valence-electron chi connectivity index (χ4n) is 6.82. The first-order valence-electron chi connectivity index (χ1n) is 18.6. The summed E-state index contributed by atoms with van der Waals surface area (Å²) < 4.78 is 1.57. The minimum Gasteiger partial charge on any atom is -0.493 e. The van der Waals surface area contributed by atoms with Crippen molar-refractivity contribution in [2.45, 2.75) is 170 Å². The van der Waals surface area contributed by atoms with E-state index in [0.717, 1.165) is 43.5 Å². The number of hydrogen-bond acceptors (Lipinski definition) is 0. The first-order valence-corrected chi connectivity index (χ1v) is 18.6. The van der Waals surface area contributed by atoms with Crippen LogP contribution in [0.2, 0.25) is 0 Å². The average molecular weight is 597 g/mol. The molecule has 0 unspecified atom stereocenters. The second-order valence-electron chi connectivity index (χ2n) is 13.5. The zero-order valence-corrected chi connectivity index (χ0v) is 29.7. The third kappa shape index (κ3) is 9.76. The minimum atomic E-state index is 0.960. The molecule has 2 heteroatoms. The number of allylic oxidation sites excluding steroid dienone is 2. The summed E-state index contributed by atoms with van der Waals surface area (Å²) in [4.78, 5) is 0. The molecule has 1 heterocycles. The number of nitrogens with zero attached hydrogens (tertiary/aromatic N) is 2. The van der Waals surface area contributed by atoms with Gasteiger partial charge in [-0.25, -0.2) is 4.70 Å². The van der Waals surface area contributed by atoms with E-state index in [-0.39, 0.29) is 0 Å². The molecule has 0 saturated heterocycles. The molecule has 1 aliphatic rings. The highest BCUT2D eigenvalue weighted by molar-refractivity contribution is 5.79. The standard InChI is InChI=1S/C42H64N2/c1-8-13-18-19-20-21-26-38-31-41(39-27-34(22-14-9-2)32(6)35(28-39)23-15-10-3)44(43)42(38)40-29-36(24-16-11-4)33(7)37(30-40)25-17-12-5/h27-31H,8-26H2,1-7H3. The molecule has 0 fully saturated rings. The maximum Gasteiger partial charge on any atom is 0.210 e. The summed E-state index contributed by atoms with van der Waals surface area (Å²) in [5.41, 5.74) is 26.5. The molecular weight excluding hydrogens is 532 g/mol. The smallest absolute Gasteiger partial charge is 0.210 e. The third-order valence-electron chi connectivity index (χ3n) is 9.87. The highest BCUT2D eigenvalue weighted by atomic mass is 15.2. The summed E-state index contributed by atoms with van der Waals surface area (Å²) >= 11 is 0. The monoisotopic (exact) mass is 597 g/mol. The van der Waals surface area contributed by atoms with Gasteiger partial charge in [-0.3, -0.25) is 0 Å². The maximum atomic E-state index is 12.1. The lowest BCUT2D eigenvalue weighted by Crippen LogP contribution is -2.07. The van der Waals surface area contributed by atoms with E-state index in [1.54, 1.807) is 4.70 Å². The van der Waals surface area contributed by atoms with Crippen molar-refractivity contribution in [3.63, 3.8) is 0 Å². The summed E-state index contributed by atoms with van der Waals surface area (Å²) in [5, 5.41) is 0. The predicted molar refractivity (Wildman–Crippen MR) is 193 cm³/mol. The molecule has 0 aliphatic carbocycles. The molecule has 1 aliphatic heterocycles. The Morgan fingerprint density at radius 1 is 0.477 bits per heavy atom. The van der Waals surface area contributed by atoms with Crippen LogP contribution < -0.4 is 0 Å². The van der Waals surface area contributed by atoms with Gasteiger partial charge in [0.15, 0.2) is 0 Å². The van der Waals surface area contributed by atoms with Gasteiger partial charge in [0, 0.05) is 22.8 Å². The lowest BCUT2D eigenvalue weighted by atomic mass is 9.90. The van der Waals surface area contributed by atoms with Gasteiger partial charge in [-0.05, 0) is 136 Å². The zero-order valence-electron chi connectivity index (χ0n) is 29.7. The van der Waals surface area contributed by atoms with Crippen molar-refractivity contribution in [2.24, 2.45) is 0 Å². The van der Waals surface area contributed by atoms with Gasteiger partial charge in [-0.15, -0.1) is 0 Å². The quantitative estimate of drug-likeness (QED) is 0.101. The minimum absolute atomic E-state index is 0.960. The number of rotatable bonds is 21. The van der Waals surface area contributed by atoms with E-state index < -0.39 is 0 Å². The molecular formula is C42H64N2. The molecule has 0 amide bonds. The van der Waals surface area contributed by atoms with Crippen molar-refractivity contribution in [3.05, 3.63) is 86.0 Å². The van der Waals surface area contributed by atoms with E-state index >= 15 is 0 Å². The summed E-state index contributed by atoms with van der Waals surface area (Å²) in [6, 6.07) is 9.58. The Hall–Kier alpha value is -2.48.